The fraction of sp³-hybridized carbons (Fsp3) is 0.421. The summed E-state index contributed by atoms with van der Waals surface area (Å²) in [7, 11) is 0. The van der Waals surface area contributed by atoms with Gasteiger partial charge in [-0.1, -0.05) is 12.2 Å². The first kappa shape index (κ1) is 16.6. The van der Waals surface area contributed by atoms with Crippen molar-refractivity contribution in [1.82, 2.24) is 4.90 Å². The smallest absolute Gasteiger partial charge is 0.233 e. The van der Waals surface area contributed by atoms with E-state index < -0.39 is 0 Å². The predicted octanol–water partition coefficient (Wildman–Crippen LogP) is 1.74. The molecule has 0 spiro atoms. The van der Waals surface area contributed by atoms with Gasteiger partial charge in [-0.25, -0.2) is 0 Å². The molecule has 2 aliphatic heterocycles. The fourth-order valence-electron chi connectivity index (χ4n) is 3.65. The first-order valence-electron chi connectivity index (χ1n) is 8.83. The monoisotopic (exact) mass is 356 g/mol. The minimum absolute atomic E-state index is 0.0682. The van der Waals surface area contributed by atoms with Crippen LogP contribution in [-0.4, -0.2) is 42.4 Å². The third-order valence-corrected chi connectivity index (χ3v) is 4.99. The van der Waals surface area contributed by atoms with E-state index >= 15 is 0 Å². The van der Waals surface area contributed by atoms with Gasteiger partial charge in [0.25, 0.3) is 0 Å². The summed E-state index contributed by atoms with van der Waals surface area (Å²) in [5, 5.41) is 2.77. The van der Waals surface area contributed by atoms with Crippen LogP contribution in [0.25, 0.3) is 0 Å². The van der Waals surface area contributed by atoms with Gasteiger partial charge in [-0.2, -0.15) is 0 Å². The van der Waals surface area contributed by atoms with Crippen molar-refractivity contribution >= 4 is 23.4 Å². The molecule has 2 heterocycles. The van der Waals surface area contributed by atoms with E-state index in [1.165, 1.54) is 4.90 Å². The summed E-state index contributed by atoms with van der Waals surface area (Å²) in [5.74, 6) is 0.166. The van der Waals surface area contributed by atoms with E-state index in [9.17, 15) is 14.4 Å². The van der Waals surface area contributed by atoms with Crippen LogP contribution in [0.1, 0.15) is 19.3 Å². The second-order valence-electron chi connectivity index (χ2n) is 6.64. The molecule has 1 aliphatic carbocycles. The van der Waals surface area contributed by atoms with Crippen molar-refractivity contribution in [3.63, 3.8) is 0 Å². The highest BCUT2D eigenvalue weighted by Crippen LogP contribution is 2.35. The molecule has 1 saturated heterocycles. The molecule has 1 N–H and O–H groups in total. The van der Waals surface area contributed by atoms with Crippen molar-refractivity contribution in [3.8, 4) is 11.5 Å². The van der Waals surface area contributed by atoms with Gasteiger partial charge in [-0.15, -0.1) is 0 Å². The first-order valence-corrected chi connectivity index (χ1v) is 8.83. The molecule has 0 aromatic heterocycles. The number of benzene rings is 1. The molecule has 3 aliphatic rings. The van der Waals surface area contributed by atoms with E-state index in [1.54, 1.807) is 18.2 Å². The number of imide groups is 1. The zero-order valence-corrected chi connectivity index (χ0v) is 14.3. The van der Waals surface area contributed by atoms with Crippen molar-refractivity contribution in [2.24, 2.45) is 11.8 Å². The Kier molecular flexibility index (Phi) is 4.36. The highest BCUT2D eigenvalue weighted by atomic mass is 16.6. The molecule has 7 nitrogen and oxygen atoms in total. The summed E-state index contributed by atoms with van der Waals surface area (Å²) in [6, 6.07) is 5.19. The number of nitrogens with one attached hydrogen (secondary N) is 1. The van der Waals surface area contributed by atoms with Gasteiger partial charge in [0.1, 0.15) is 13.2 Å². The number of ether oxygens (including phenoxy) is 2. The Morgan fingerprint density at radius 3 is 2.38 bits per heavy atom. The maximum atomic E-state index is 12.4. The van der Waals surface area contributed by atoms with Crippen LogP contribution >= 0.6 is 0 Å². The Labute approximate surface area is 150 Å². The number of carbonyl (C=O) groups is 3. The van der Waals surface area contributed by atoms with Crippen LogP contribution in [0, 0.1) is 11.8 Å². The number of allylic oxidation sites excluding steroid dienone is 2. The third-order valence-electron chi connectivity index (χ3n) is 4.99. The Balaban J connectivity index is 1.34. The molecule has 0 bridgehead atoms. The molecular weight excluding hydrogens is 336 g/mol. The lowest BCUT2D eigenvalue weighted by Gasteiger charge is -2.19. The molecule has 1 aromatic carbocycles. The van der Waals surface area contributed by atoms with Gasteiger partial charge in [0.05, 0.1) is 11.8 Å². The first-order chi connectivity index (χ1) is 12.6. The Bertz CT molecular complexity index is 762. The van der Waals surface area contributed by atoms with Gasteiger partial charge in [-0.3, -0.25) is 19.3 Å². The number of fused-ring (bicyclic) bond motifs is 2. The lowest BCUT2D eigenvalue weighted by atomic mass is 9.85. The van der Waals surface area contributed by atoms with Crippen molar-refractivity contribution < 1.29 is 23.9 Å². The highest BCUT2D eigenvalue weighted by Gasteiger charge is 2.46. The van der Waals surface area contributed by atoms with Crippen LogP contribution in [0.5, 0.6) is 11.5 Å². The van der Waals surface area contributed by atoms with Crippen LogP contribution in [-0.2, 0) is 14.4 Å². The molecule has 26 heavy (non-hydrogen) atoms. The Hall–Kier alpha value is -2.83. The van der Waals surface area contributed by atoms with Crippen molar-refractivity contribution in [3.05, 3.63) is 30.4 Å². The predicted molar refractivity (Wildman–Crippen MR) is 92.8 cm³/mol. The van der Waals surface area contributed by atoms with E-state index in [1.807, 2.05) is 12.2 Å². The minimum atomic E-state index is -0.256. The quantitative estimate of drug-likeness (QED) is 0.656. The normalized spacial score (nSPS) is 23.8. The highest BCUT2D eigenvalue weighted by molar-refractivity contribution is 6.05. The zero-order chi connectivity index (χ0) is 18.1. The third kappa shape index (κ3) is 3.05. The van der Waals surface area contributed by atoms with Crippen LogP contribution in [0.2, 0.25) is 0 Å². The zero-order valence-electron chi connectivity index (χ0n) is 14.3. The Morgan fingerprint density at radius 1 is 1.04 bits per heavy atom. The van der Waals surface area contributed by atoms with Crippen LogP contribution in [0.4, 0.5) is 5.69 Å². The molecule has 2 atom stereocenters. The summed E-state index contributed by atoms with van der Waals surface area (Å²) in [4.78, 5) is 38.2. The fourth-order valence-corrected chi connectivity index (χ4v) is 3.65. The van der Waals surface area contributed by atoms with E-state index in [0.717, 1.165) is 0 Å². The van der Waals surface area contributed by atoms with Crippen LogP contribution < -0.4 is 14.8 Å². The maximum absolute atomic E-state index is 12.4. The van der Waals surface area contributed by atoms with Gasteiger partial charge in [0.15, 0.2) is 11.5 Å². The molecule has 7 heteroatoms. The van der Waals surface area contributed by atoms with E-state index in [0.29, 0.717) is 43.2 Å². The lowest BCUT2D eigenvalue weighted by Crippen LogP contribution is -2.34. The van der Waals surface area contributed by atoms with Gasteiger partial charge in [0, 0.05) is 24.7 Å². The van der Waals surface area contributed by atoms with Gasteiger partial charge in [-0.05, 0) is 25.0 Å². The number of hydrogen-bond acceptors (Lipinski definition) is 5. The number of rotatable bonds is 4. The number of likely N-dealkylation sites (tertiary alicyclic amines) is 1. The standard InChI is InChI=1S/C19H20N2O5/c22-17(20-12-5-6-15-16(11-12)26-10-9-25-15)7-8-21-18(23)13-3-1-2-4-14(13)19(21)24/h1-2,5-6,11,13-14H,3-4,7-10H2,(H,20,22)/t13-,14-/m1/s1. The van der Waals surface area contributed by atoms with Crippen LogP contribution in [0.3, 0.4) is 0 Å². The summed E-state index contributed by atoms with van der Waals surface area (Å²) < 4.78 is 10.9. The summed E-state index contributed by atoms with van der Waals surface area (Å²) in [6.07, 6.45) is 5.18. The molecule has 0 radical (unpaired) electrons. The number of amides is 3. The number of carbonyl (C=O) groups excluding carboxylic acids is 3. The van der Waals surface area contributed by atoms with Crippen molar-refractivity contribution in [2.45, 2.75) is 19.3 Å². The van der Waals surface area contributed by atoms with Gasteiger partial charge in [0.2, 0.25) is 17.7 Å². The van der Waals surface area contributed by atoms with Gasteiger partial charge >= 0.3 is 0 Å². The minimum Gasteiger partial charge on any atom is -0.486 e. The van der Waals surface area contributed by atoms with Gasteiger partial charge < -0.3 is 14.8 Å². The second kappa shape index (κ2) is 6.82. The second-order valence-corrected chi connectivity index (χ2v) is 6.64. The molecule has 0 unspecified atom stereocenters. The SMILES string of the molecule is O=C(CCN1C(=O)[C@@H]2CC=CC[C@H]2C1=O)Nc1ccc2c(c1)OCCO2. The molecule has 136 valence electrons. The van der Waals surface area contributed by atoms with E-state index in [2.05, 4.69) is 5.32 Å². The number of anilines is 1. The molecule has 0 saturated carbocycles. The van der Waals surface area contributed by atoms with Crippen molar-refractivity contribution in [1.29, 1.82) is 0 Å². The molecular formula is C19H20N2O5. The van der Waals surface area contributed by atoms with Crippen LogP contribution in [0.15, 0.2) is 30.4 Å². The number of nitrogens with zero attached hydrogens (tertiary/aromatic N) is 1. The topological polar surface area (TPSA) is 84.9 Å². The largest absolute Gasteiger partial charge is 0.486 e. The summed E-state index contributed by atoms with van der Waals surface area (Å²) in [6.45, 7) is 1.09. The summed E-state index contributed by atoms with van der Waals surface area (Å²) >= 11 is 0. The molecule has 1 fully saturated rings. The molecule has 1 aromatic rings. The number of hydrogen-bond donors (Lipinski definition) is 1. The average molecular weight is 356 g/mol. The lowest BCUT2D eigenvalue weighted by molar-refractivity contribution is -0.140. The maximum Gasteiger partial charge on any atom is 0.233 e. The van der Waals surface area contributed by atoms with Crippen molar-refractivity contribution in [2.75, 3.05) is 25.1 Å². The molecule has 3 amide bonds. The molecule has 4 rings (SSSR count). The van der Waals surface area contributed by atoms with E-state index in [-0.39, 0.29) is 42.5 Å². The summed E-state index contributed by atoms with van der Waals surface area (Å²) in [5.41, 5.74) is 0.594. The van der Waals surface area contributed by atoms with E-state index in [4.69, 9.17) is 9.47 Å². The average Bonchev–Trinajstić information content (AvgIpc) is 2.91. The Morgan fingerprint density at radius 2 is 1.69 bits per heavy atom.